The predicted octanol–water partition coefficient (Wildman–Crippen LogP) is 2.36. The lowest BCUT2D eigenvalue weighted by molar-refractivity contribution is 0.582. The zero-order valence-electron chi connectivity index (χ0n) is 11.4. The van der Waals surface area contributed by atoms with Gasteiger partial charge < -0.3 is 5.73 Å². The monoisotopic (exact) mass is 331 g/mol. The second kappa shape index (κ2) is 6.03. The summed E-state index contributed by atoms with van der Waals surface area (Å²) in [5.74, 6) is -0.439. The number of nitrogens with zero attached hydrogens (tertiary/aromatic N) is 2. The summed E-state index contributed by atoms with van der Waals surface area (Å²) in [4.78, 5) is 0. The third-order valence-corrected chi connectivity index (χ3v) is 5.03. The molecule has 0 aliphatic heterocycles. The van der Waals surface area contributed by atoms with Crippen LogP contribution >= 0.6 is 11.6 Å². The van der Waals surface area contributed by atoms with Crippen molar-refractivity contribution in [3.8, 4) is 11.3 Å². The van der Waals surface area contributed by atoms with E-state index in [1.54, 1.807) is 13.1 Å². The average Bonchev–Trinajstić information content (AvgIpc) is 2.81. The van der Waals surface area contributed by atoms with Crippen LogP contribution in [-0.4, -0.2) is 29.7 Å². The fourth-order valence-electron chi connectivity index (χ4n) is 1.80. The maximum atomic E-state index is 13.2. The number of sulfone groups is 1. The molecule has 0 fully saturated rings. The largest absolute Gasteiger partial charge is 0.396 e. The molecule has 1 aromatic carbocycles. The Morgan fingerprint density at radius 1 is 1.43 bits per heavy atom. The molecular weight excluding hydrogens is 317 g/mol. The van der Waals surface area contributed by atoms with E-state index >= 15 is 0 Å². The Morgan fingerprint density at radius 2 is 2.14 bits per heavy atom. The highest BCUT2D eigenvalue weighted by atomic mass is 35.5. The van der Waals surface area contributed by atoms with E-state index in [1.807, 2.05) is 0 Å². The quantitative estimate of drug-likeness (QED) is 0.912. The predicted molar refractivity (Wildman–Crippen MR) is 81.4 cm³/mol. The molecule has 2 N–H and O–H groups in total. The molecule has 5 nitrogen and oxygen atoms in total. The fourth-order valence-corrected chi connectivity index (χ4v) is 2.73. The number of nitrogens with two attached hydrogens (primary N) is 1. The van der Waals surface area contributed by atoms with Crippen molar-refractivity contribution in [2.75, 3.05) is 17.2 Å². The summed E-state index contributed by atoms with van der Waals surface area (Å²) in [7, 11) is -3.07. The van der Waals surface area contributed by atoms with Gasteiger partial charge in [-0.15, -0.1) is 0 Å². The normalized spacial score (nSPS) is 11.8. The van der Waals surface area contributed by atoms with Crippen LogP contribution in [0.2, 0.25) is 5.02 Å². The van der Waals surface area contributed by atoms with Crippen molar-refractivity contribution < 1.29 is 12.8 Å². The molecule has 2 rings (SSSR count). The van der Waals surface area contributed by atoms with E-state index in [1.165, 1.54) is 22.9 Å². The van der Waals surface area contributed by atoms with E-state index in [0.29, 0.717) is 16.9 Å². The molecule has 2 aromatic rings. The summed E-state index contributed by atoms with van der Waals surface area (Å²) in [5, 5.41) is 4.22. The van der Waals surface area contributed by atoms with Crippen LogP contribution in [0.25, 0.3) is 11.3 Å². The SMILES string of the molecule is CCS(=O)(=O)CCn1cc(N)c(-c2ccc(F)c(Cl)c2)n1. The summed E-state index contributed by atoms with van der Waals surface area (Å²) in [6, 6.07) is 4.19. The van der Waals surface area contributed by atoms with Crippen LogP contribution in [0.5, 0.6) is 0 Å². The van der Waals surface area contributed by atoms with Gasteiger partial charge in [0.2, 0.25) is 0 Å². The first-order chi connectivity index (χ1) is 9.82. The molecule has 21 heavy (non-hydrogen) atoms. The highest BCUT2D eigenvalue weighted by molar-refractivity contribution is 7.91. The number of halogens is 2. The second-order valence-electron chi connectivity index (χ2n) is 4.56. The Morgan fingerprint density at radius 3 is 2.76 bits per heavy atom. The van der Waals surface area contributed by atoms with Gasteiger partial charge in [0.05, 0.1) is 23.0 Å². The van der Waals surface area contributed by atoms with Crippen molar-refractivity contribution in [2.45, 2.75) is 13.5 Å². The molecule has 114 valence electrons. The molecule has 0 atom stereocenters. The lowest BCUT2D eigenvalue weighted by atomic mass is 10.1. The molecule has 0 unspecified atom stereocenters. The van der Waals surface area contributed by atoms with Crippen molar-refractivity contribution in [2.24, 2.45) is 0 Å². The minimum atomic E-state index is -3.07. The van der Waals surface area contributed by atoms with Gasteiger partial charge in [-0.05, 0) is 18.2 Å². The van der Waals surface area contributed by atoms with E-state index < -0.39 is 15.7 Å². The molecule has 0 saturated heterocycles. The third kappa shape index (κ3) is 3.74. The van der Waals surface area contributed by atoms with E-state index in [4.69, 9.17) is 17.3 Å². The number of hydrogen-bond acceptors (Lipinski definition) is 4. The standard InChI is InChI=1S/C13H15ClFN3O2S/c1-2-21(19,20)6-5-18-8-12(16)13(17-18)9-3-4-11(15)10(14)7-9/h3-4,7-8H,2,5-6,16H2,1H3. The van der Waals surface area contributed by atoms with Crippen molar-refractivity contribution in [1.82, 2.24) is 9.78 Å². The number of benzene rings is 1. The number of aryl methyl sites for hydroxylation is 1. The molecule has 0 bridgehead atoms. The van der Waals surface area contributed by atoms with Crippen LogP contribution in [0.15, 0.2) is 24.4 Å². The zero-order valence-corrected chi connectivity index (χ0v) is 13.0. The highest BCUT2D eigenvalue weighted by Crippen LogP contribution is 2.27. The Kier molecular flexibility index (Phi) is 4.53. The van der Waals surface area contributed by atoms with Crippen molar-refractivity contribution in [3.05, 3.63) is 35.2 Å². The number of aromatic nitrogens is 2. The maximum absolute atomic E-state index is 13.2. The minimum absolute atomic E-state index is 0.00572. The first-order valence-corrected chi connectivity index (χ1v) is 8.51. The van der Waals surface area contributed by atoms with E-state index in [9.17, 15) is 12.8 Å². The summed E-state index contributed by atoms with van der Waals surface area (Å²) in [6.07, 6.45) is 1.55. The van der Waals surface area contributed by atoms with E-state index in [2.05, 4.69) is 5.10 Å². The van der Waals surface area contributed by atoms with Gasteiger partial charge in [0, 0.05) is 17.5 Å². The Bertz CT molecular complexity index is 759. The minimum Gasteiger partial charge on any atom is -0.396 e. The van der Waals surface area contributed by atoms with Crippen molar-refractivity contribution in [3.63, 3.8) is 0 Å². The van der Waals surface area contributed by atoms with Gasteiger partial charge in [-0.3, -0.25) is 4.68 Å². The van der Waals surface area contributed by atoms with Crippen LogP contribution in [0.1, 0.15) is 6.92 Å². The zero-order chi connectivity index (χ0) is 15.6. The first kappa shape index (κ1) is 15.8. The van der Waals surface area contributed by atoms with Crippen LogP contribution in [0.3, 0.4) is 0 Å². The Balaban J connectivity index is 2.25. The maximum Gasteiger partial charge on any atom is 0.151 e. The molecule has 1 heterocycles. The summed E-state index contributed by atoms with van der Waals surface area (Å²) < 4.78 is 37.6. The average molecular weight is 332 g/mol. The Labute approximate surface area is 127 Å². The van der Waals surface area contributed by atoms with Gasteiger partial charge >= 0.3 is 0 Å². The first-order valence-electron chi connectivity index (χ1n) is 6.31. The number of anilines is 1. The summed E-state index contributed by atoms with van der Waals surface area (Å²) >= 11 is 5.73. The fraction of sp³-hybridized carbons (Fsp3) is 0.308. The summed E-state index contributed by atoms with van der Waals surface area (Å²) in [5.41, 5.74) is 7.27. The van der Waals surface area contributed by atoms with Crippen LogP contribution in [0.4, 0.5) is 10.1 Å². The van der Waals surface area contributed by atoms with Crippen molar-refractivity contribution in [1.29, 1.82) is 0 Å². The van der Waals surface area contributed by atoms with Gasteiger partial charge in [0.15, 0.2) is 9.84 Å². The lowest BCUT2D eigenvalue weighted by Crippen LogP contribution is -2.14. The van der Waals surface area contributed by atoms with Gasteiger partial charge in [0.25, 0.3) is 0 Å². The van der Waals surface area contributed by atoms with Crippen LogP contribution in [0, 0.1) is 5.82 Å². The number of hydrogen-bond donors (Lipinski definition) is 1. The van der Waals surface area contributed by atoms with Crippen LogP contribution < -0.4 is 5.73 Å². The number of rotatable bonds is 5. The smallest absolute Gasteiger partial charge is 0.151 e. The molecule has 0 radical (unpaired) electrons. The van der Waals surface area contributed by atoms with Gasteiger partial charge in [-0.25, -0.2) is 12.8 Å². The lowest BCUT2D eigenvalue weighted by Gasteiger charge is -2.02. The van der Waals surface area contributed by atoms with Crippen LogP contribution in [-0.2, 0) is 16.4 Å². The molecular formula is C13H15ClFN3O2S. The molecule has 8 heteroatoms. The molecule has 0 aliphatic rings. The topological polar surface area (TPSA) is 78.0 Å². The Hall–Kier alpha value is -1.60. The number of nitrogen functional groups attached to an aromatic ring is 1. The van der Waals surface area contributed by atoms with E-state index in [-0.39, 0.29) is 23.1 Å². The molecule has 0 aliphatic carbocycles. The van der Waals surface area contributed by atoms with Gasteiger partial charge in [-0.1, -0.05) is 18.5 Å². The molecule has 1 aromatic heterocycles. The van der Waals surface area contributed by atoms with Gasteiger partial charge in [-0.2, -0.15) is 5.10 Å². The molecule has 0 saturated carbocycles. The third-order valence-electron chi connectivity index (χ3n) is 3.05. The molecule has 0 spiro atoms. The highest BCUT2D eigenvalue weighted by Gasteiger charge is 2.13. The van der Waals surface area contributed by atoms with E-state index in [0.717, 1.165) is 0 Å². The van der Waals surface area contributed by atoms with Gasteiger partial charge in [0.1, 0.15) is 11.5 Å². The van der Waals surface area contributed by atoms with Crippen molar-refractivity contribution >= 4 is 27.1 Å². The molecule has 0 amide bonds. The summed E-state index contributed by atoms with van der Waals surface area (Å²) in [6.45, 7) is 1.81. The second-order valence-corrected chi connectivity index (χ2v) is 7.44.